The van der Waals surface area contributed by atoms with Crippen LogP contribution < -0.4 is 10.6 Å². The molecule has 0 heterocycles. The van der Waals surface area contributed by atoms with Gasteiger partial charge in [-0.05, 0) is 43.8 Å². The number of hydrogen-bond donors (Lipinski definition) is 3. The summed E-state index contributed by atoms with van der Waals surface area (Å²) in [7, 11) is 0. The van der Waals surface area contributed by atoms with E-state index in [2.05, 4.69) is 24.5 Å². The Morgan fingerprint density at radius 3 is 2.06 bits per heavy atom. The Bertz CT molecular complexity index is 612. The molecule has 7 nitrogen and oxygen atoms in total. The van der Waals surface area contributed by atoms with E-state index < -0.39 is 23.0 Å². The third kappa shape index (κ3) is 14.7. The molecule has 0 aliphatic heterocycles. The number of carbonyl (C=O) groups is 3. The maximum absolute atomic E-state index is 12.7. The van der Waals surface area contributed by atoms with Crippen molar-refractivity contribution in [2.45, 2.75) is 93.2 Å². The van der Waals surface area contributed by atoms with Crippen molar-refractivity contribution in [2.24, 2.45) is 16.7 Å². The van der Waals surface area contributed by atoms with Crippen LogP contribution in [0.3, 0.4) is 0 Å². The number of carboxylic acid groups (broad SMARTS) is 1. The molecule has 0 aliphatic carbocycles. The quantitative estimate of drug-likeness (QED) is 0.330. The number of thioether (sulfide) groups is 1. The van der Waals surface area contributed by atoms with Gasteiger partial charge in [0.15, 0.2) is 0 Å². The fourth-order valence-electron chi connectivity index (χ4n) is 2.77. The van der Waals surface area contributed by atoms with Gasteiger partial charge in [0.25, 0.3) is 0 Å². The van der Waals surface area contributed by atoms with Crippen molar-refractivity contribution in [3.05, 3.63) is 0 Å². The predicted octanol–water partition coefficient (Wildman–Crippen LogP) is 4.10. The van der Waals surface area contributed by atoms with Crippen LogP contribution in [0.2, 0.25) is 0 Å². The van der Waals surface area contributed by atoms with Gasteiger partial charge < -0.3 is 20.5 Å². The topological polar surface area (TPSA) is 105 Å². The molecule has 0 saturated carbocycles. The van der Waals surface area contributed by atoms with E-state index in [1.54, 1.807) is 13.8 Å². The van der Waals surface area contributed by atoms with Crippen molar-refractivity contribution < 1.29 is 24.2 Å². The lowest BCUT2D eigenvalue weighted by Gasteiger charge is -2.30. The van der Waals surface area contributed by atoms with Gasteiger partial charge in [-0.1, -0.05) is 48.5 Å². The van der Waals surface area contributed by atoms with Crippen LogP contribution in [0.15, 0.2) is 0 Å². The first-order valence-electron chi connectivity index (χ1n) is 11.5. The Kier molecular flexibility index (Phi) is 12.9. The van der Waals surface area contributed by atoms with Gasteiger partial charge in [-0.15, -0.1) is 0 Å². The number of ether oxygens (including phenoxy) is 1. The first-order chi connectivity index (χ1) is 14.4. The molecule has 3 N–H and O–H groups in total. The molecule has 0 aromatic rings. The third-order valence-corrected chi connectivity index (χ3v) is 6.39. The van der Waals surface area contributed by atoms with Crippen LogP contribution in [0.5, 0.6) is 0 Å². The van der Waals surface area contributed by atoms with Crippen LogP contribution in [0.25, 0.3) is 0 Å². The number of carbonyl (C=O) groups excluding carboxylic acids is 2. The summed E-state index contributed by atoms with van der Waals surface area (Å²) >= 11 is 1.53. The molecule has 1 atom stereocenters. The number of rotatable bonds is 15. The van der Waals surface area contributed by atoms with E-state index in [0.29, 0.717) is 44.1 Å². The monoisotopic (exact) mass is 474 g/mol. The van der Waals surface area contributed by atoms with Gasteiger partial charge in [0.05, 0.1) is 5.60 Å². The molecule has 0 unspecified atom stereocenters. The number of aliphatic carboxylic acids is 1. The van der Waals surface area contributed by atoms with Crippen molar-refractivity contribution in [1.29, 1.82) is 0 Å². The highest BCUT2D eigenvalue weighted by Gasteiger charge is 2.32. The zero-order valence-corrected chi connectivity index (χ0v) is 22.4. The summed E-state index contributed by atoms with van der Waals surface area (Å²) in [4.78, 5) is 36.2. The molecule has 0 fully saturated rings. The normalized spacial score (nSPS) is 13.7. The maximum atomic E-state index is 12.7. The second-order valence-electron chi connectivity index (χ2n) is 11.4. The molecule has 0 saturated heterocycles. The van der Waals surface area contributed by atoms with E-state index in [4.69, 9.17) is 4.74 Å². The number of amides is 2. The lowest BCUT2D eigenvalue weighted by Crippen LogP contribution is -2.48. The van der Waals surface area contributed by atoms with E-state index in [9.17, 15) is 19.5 Å². The minimum atomic E-state index is -1.02. The van der Waals surface area contributed by atoms with Crippen LogP contribution in [0.4, 0.5) is 0 Å². The van der Waals surface area contributed by atoms with Crippen LogP contribution in [-0.4, -0.2) is 59.2 Å². The van der Waals surface area contributed by atoms with Gasteiger partial charge in [-0.3, -0.25) is 9.59 Å². The lowest BCUT2D eigenvalue weighted by molar-refractivity contribution is -0.143. The Morgan fingerprint density at radius 1 is 0.969 bits per heavy atom. The lowest BCUT2D eigenvalue weighted by atomic mass is 9.88. The minimum Gasteiger partial charge on any atom is -0.480 e. The highest BCUT2D eigenvalue weighted by Crippen LogP contribution is 2.24. The number of carboxylic acids is 1. The minimum absolute atomic E-state index is 0.0330. The average Bonchev–Trinajstić information content (AvgIpc) is 2.57. The molecule has 2 amide bonds. The summed E-state index contributed by atoms with van der Waals surface area (Å²) in [5.74, 6) is 0.393. The van der Waals surface area contributed by atoms with Gasteiger partial charge in [0.2, 0.25) is 11.8 Å². The average molecular weight is 475 g/mol. The van der Waals surface area contributed by atoms with Crippen molar-refractivity contribution in [3.63, 3.8) is 0 Å². The summed E-state index contributed by atoms with van der Waals surface area (Å²) in [6, 6.07) is -0.903. The summed E-state index contributed by atoms with van der Waals surface area (Å²) in [5, 5.41) is 15.1. The Balaban J connectivity index is 4.50. The molecule has 0 aromatic heterocycles. The van der Waals surface area contributed by atoms with Crippen molar-refractivity contribution in [2.75, 3.05) is 24.7 Å². The first kappa shape index (κ1) is 30.7. The van der Waals surface area contributed by atoms with Gasteiger partial charge in [0.1, 0.15) is 6.04 Å². The summed E-state index contributed by atoms with van der Waals surface area (Å²) in [5.41, 5.74) is -1.25. The Labute approximate surface area is 199 Å². The second-order valence-corrected chi connectivity index (χ2v) is 12.4. The summed E-state index contributed by atoms with van der Waals surface area (Å²) in [6.07, 6.45) is 1.60. The molecule has 0 aliphatic rings. The second kappa shape index (κ2) is 13.4. The van der Waals surface area contributed by atoms with Crippen LogP contribution in [0.1, 0.15) is 81.6 Å². The highest BCUT2D eigenvalue weighted by molar-refractivity contribution is 7.99. The van der Waals surface area contributed by atoms with E-state index >= 15 is 0 Å². The van der Waals surface area contributed by atoms with Crippen molar-refractivity contribution in [3.8, 4) is 0 Å². The van der Waals surface area contributed by atoms with E-state index in [-0.39, 0.29) is 17.2 Å². The SMILES string of the molecule is CC(C)CSC[C@H](NC(=O)C(C)(C)CCOC(C)(C)CCNC(=O)CC(C)(C)C)C(=O)O. The molecule has 0 bridgehead atoms. The first-order valence-corrected chi connectivity index (χ1v) is 12.6. The van der Waals surface area contributed by atoms with Crippen molar-refractivity contribution in [1.82, 2.24) is 10.6 Å². The summed E-state index contributed by atoms with van der Waals surface area (Å²) < 4.78 is 5.99. The zero-order chi connectivity index (χ0) is 25.2. The third-order valence-electron chi connectivity index (χ3n) is 4.91. The Hall–Kier alpha value is -1.28. The van der Waals surface area contributed by atoms with Crippen LogP contribution >= 0.6 is 11.8 Å². The van der Waals surface area contributed by atoms with E-state index in [0.717, 1.165) is 5.75 Å². The van der Waals surface area contributed by atoms with Gasteiger partial charge in [-0.25, -0.2) is 4.79 Å². The predicted molar refractivity (Wildman–Crippen MR) is 132 cm³/mol. The molecular formula is C24H46N2O5S. The van der Waals surface area contributed by atoms with E-state index in [1.165, 1.54) is 11.8 Å². The highest BCUT2D eigenvalue weighted by atomic mass is 32.2. The molecule has 8 heteroatoms. The fourth-order valence-corrected chi connectivity index (χ4v) is 3.83. The zero-order valence-electron chi connectivity index (χ0n) is 21.6. The van der Waals surface area contributed by atoms with Gasteiger partial charge in [0, 0.05) is 30.7 Å². The molecule has 0 aromatic carbocycles. The molecule has 188 valence electrons. The number of nitrogens with one attached hydrogen (secondary N) is 2. The van der Waals surface area contributed by atoms with E-state index in [1.807, 2.05) is 34.6 Å². The number of hydrogen-bond acceptors (Lipinski definition) is 5. The van der Waals surface area contributed by atoms with Gasteiger partial charge in [-0.2, -0.15) is 11.8 Å². The van der Waals surface area contributed by atoms with Crippen molar-refractivity contribution >= 4 is 29.5 Å². The largest absolute Gasteiger partial charge is 0.480 e. The molecule has 0 rings (SSSR count). The standard InChI is InChI=1S/C24H46N2O5S/c1-17(2)15-32-16-18(20(28)29)26-21(30)23(6,7)11-13-31-24(8,9)10-12-25-19(27)14-22(3,4)5/h17-18H,10-16H2,1-9H3,(H,25,27)(H,26,30)(H,28,29)/t18-/m0/s1. The summed E-state index contributed by atoms with van der Waals surface area (Å²) in [6.45, 7) is 18.6. The smallest absolute Gasteiger partial charge is 0.327 e. The maximum Gasteiger partial charge on any atom is 0.327 e. The Morgan fingerprint density at radius 2 is 1.56 bits per heavy atom. The molecular weight excluding hydrogens is 428 g/mol. The molecule has 32 heavy (non-hydrogen) atoms. The van der Waals surface area contributed by atoms with Gasteiger partial charge >= 0.3 is 5.97 Å². The fraction of sp³-hybridized carbons (Fsp3) is 0.875. The molecule has 0 spiro atoms. The molecule has 0 radical (unpaired) electrons. The van der Waals surface area contributed by atoms with Crippen LogP contribution in [-0.2, 0) is 19.1 Å². The van der Waals surface area contributed by atoms with Crippen LogP contribution in [0, 0.1) is 16.7 Å².